The number of amides is 1. The van der Waals surface area contributed by atoms with Gasteiger partial charge in [0, 0.05) is 70.0 Å². The van der Waals surface area contributed by atoms with E-state index in [1.54, 1.807) is 20.4 Å². The first kappa shape index (κ1) is 37.4. The number of ketones is 1. The molecule has 11 nitrogen and oxygen atoms in total. The number of benzene rings is 2. The van der Waals surface area contributed by atoms with Crippen LogP contribution in [0.15, 0.2) is 42.6 Å². The highest BCUT2D eigenvalue weighted by Gasteiger charge is 2.58. The van der Waals surface area contributed by atoms with Crippen LogP contribution in [0.3, 0.4) is 0 Å². The van der Waals surface area contributed by atoms with Crippen LogP contribution in [0.5, 0.6) is 0 Å². The van der Waals surface area contributed by atoms with E-state index in [1.165, 1.54) is 6.07 Å². The lowest BCUT2D eigenvalue weighted by Crippen LogP contribution is -2.71. The Labute approximate surface area is 302 Å². The number of ether oxygens (including phenoxy) is 3. The largest absolute Gasteiger partial charge is 0.481 e. The number of likely N-dealkylation sites (tertiary alicyclic amines) is 2. The molecule has 3 atom stereocenters. The van der Waals surface area contributed by atoms with Crippen molar-refractivity contribution in [3.63, 3.8) is 0 Å². The number of halogens is 2. The Balaban J connectivity index is 1.33. The van der Waals surface area contributed by atoms with E-state index in [1.807, 2.05) is 35.9 Å². The average molecular weight is 727 g/mol. The summed E-state index contributed by atoms with van der Waals surface area (Å²) in [5.74, 6) is -4.29. The monoisotopic (exact) mass is 726 g/mol. The van der Waals surface area contributed by atoms with E-state index in [4.69, 9.17) is 25.8 Å². The maximum absolute atomic E-state index is 16.1. The summed E-state index contributed by atoms with van der Waals surface area (Å²) in [6.07, 6.45) is 6.14. The summed E-state index contributed by atoms with van der Waals surface area (Å²) in [5, 5.41) is 13.3. The van der Waals surface area contributed by atoms with Crippen molar-refractivity contribution in [3.8, 4) is 0 Å². The van der Waals surface area contributed by atoms with Crippen molar-refractivity contribution in [2.45, 2.75) is 81.8 Å². The number of nitrogens with zero attached hydrogens (tertiary/aromatic N) is 3. The normalized spacial score (nSPS) is 24.2. The first-order valence-electron chi connectivity index (χ1n) is 17.9. The summed E-state index contributed by atoms with van der Waals surface area (Å²) in [4.78, 5) is 44.4. The Hall–Kier alpha value is -3.39. The zero-order chi connectivity index (χ0) is 36.3. The molecule has 1 aliphatic carbocycles. The van der Waals surface area contributed by atoms with Crippen molar-refractivity contribution in [3.05, 3.63) is 64.6 Å². The number of hydrogen-bond donors (Lipinski definition) is 2. The van der Waals surface area contributed by atoms with Crippen LogP contribution in [0.25, 0.3) is 10.9 Å². The predicted octanol–water partition coefficient (Wildman–Crippen LogP) is 5.87. The number of fused-ring (bicyclic) bond motifs is 1. The molecule has 1 saturated carbocycles. The number of carbonyl (C=O) groups excluding carboxylic acids is 2. The van der Waals surface area contributed by atoms with Crippen LogP contribution in [0.1, 0.15) is 67.3 Å². The number of carbonyl (C=O) groups is 3. The predicted molar refractivity (Wildman–Crippen MR) is 191 cm³/mol. The van der Waals surface area contributed by atoms with Crippen LogP contribution in [0.2, 0.25) is 5.02 Å². The Kier molecular flexibility index (Phi) is 11.8. The van der Waals surface area contributed by atoms with Crippen LogP contribution in [0, 0.1) is 11.7 Å². The number of Topliss-reactive ketones (excluding diaryl/α,β-unsaturated/α-hetero) is 1. The van der Waals surface area contributed by atoms with E-state index in [0.717, 1.165) is 42.7 Å². The highest BCUT2D eigenvalue weighted by Crippen LogP contribution is 2.42. The Morgan fingerprint density at radius 2 is 1.63 bits per heavy atom. The van der Waals surface area contributed by atoms with Gasteiger partial charge in [0.1, 0.15) is 5.82 Å². The van der Waals surface area contributed by atoms with Crippen molar-refractivity contribution < 1.29 is 38.1 Å². The number of rotatable bonds is 14. The second kappa shape index (κ2) is 16.1. The molecule has 2 aromatic carbocycles. The van der Waals surface area contributed by atoms with Gasteiger partial charge in [0.05, 0.1) is 41.5 Å². The summed E-state index contributed by atoms with van der Waals surface area (Å²) >= 11 is 6.70. The van der Waals surface area contributed by atoms with Gasteiger partial charge < -0.3 is 29.2 Å². The number of anilines is 1. The summed E-state index contributed by atoms with van der Waals surface area (Å²) < 4.78 is 36.3. The molecule has 0 radical (unpaired) electrons. The van der Waals surface area contributed by atoms with Crippen molar-refractivity contribution in [2.24, 2.45) is 13.0 Å². The van der Waals surface area contributed by atoms with Gasteiger partial charge in [-0.2, -0.15) is 0 Å². The molecule has 3 aromatic rings. The maximum atomic E-state index is 16.1. The fourth-order valence-electron chi connectivity index (χ4n) is 8.35. The van der Waals surface area contributed by atoms with Crippen LogP contribution in [-0.4, -0.2) is 102 Å². The molecule has 1 aromatic heterocycles. The maximum Gasteiger partial charge on any atom is 0.306 e. The Morgan fingerprint density at radius 3 is 2.25 bits per heavy atom. The highest BCUT2D eigenvalue weighted by atomic mass is 35.5. The van der Waals surface area contributed by atoms with E-state index in [-0.39, 0.29) is 46.7 Å². The zero-order valence-corrected chi connectivity index (χ0v) is 30.3. The van der Waals surface area contributed by atoms with Crippen molar-refractivity contribution in [2.75, 3.05) is 45.8 Å². The van der Waals surface area contributed by atoms with Crippen LogP contribution < -0.4 is 5.32 Å². The second-order valence-corrected chi connectivity index (χ2v) is 14.5. The third-order valence-corrected chi connectivity index (χ3v) is 11.1. The molecule has 0 bridgehead atoms. The van der Waals surface area contributed by atoms with Gasteiger partial charge in [-0.25, -0.2) is 9.29 Å². The van der Waals surface area contributed by atoms with Crippen molar-refractivity contribution in [1.82, 2.24) is 14.4 Å². The number of hydrogen-bond acceptors (Lipinski definition) is 8. The first-order valence-corrected chi connectivity index (χ1v) is 18.2. The lowest BCUT2D eigenvalue weighted by atomic mass is 9.87. The van der Waals surface area contributed by atoms with Crippen molar-refractivity contribution >= 4 is 45.9 Å². The minimum Gasteiger partial charge on any atom is -0.481 e. The molecular weight excluding hydrogens is 679 g/mol. The summed E-state index contributed by atoms with van der Waals surface area (Å²) in [6, 6.07) is 9.73. The summed E-state index contributed by atoms with van der Waals surface area (Å²) in [5.41, 5.74) is 1.49. The number of nitrogens with one attached hydrogen (secondary N) is 1. The van der Waals surface area contributed by atoms with E-state index in [9.17, 15) is 14.7 Å². The van der Waals surface area contributed by atoms with E-state index in [2.05, 4.69) is 15.1 Å². The third-order valence-electron chi connectivity index (χ3n) is 10.8. The Morgan fingerprint density at radius 1 is 0.980 bits per heavy atom. The molecule has 3 heterocycles. The molecule has 1 amide bonds. The molecule has 51 heavy (non-hydrogen) atoms. The van der Waals surface area contributed by atoms with Gasteiger partial charge in [-0.05, 0) is 75.1 Å². The molecule has 1 unspecified atom stereocenters. The molecule has 276 valence electrons. The molecular formula is C38H48ClFN4O7. The quantitative estimate of drug-likeness (QED) is 0.210. The lowest BCUT2D eigenvalue weighted by molar-refractivity contribution is -0.270. The molecule has 6 rings (SSSR count). The smallest absolute Gasteiger partial charge is 0.306 e. The molecule has 0 spiro atoms. The van der Waals surface area contributed by atoms with E-state index >= 15 is 9.18 Å². The standard InChI is InChI=1S/C38H48ClFN4O7/c1-42-21-30(29-8-4-5-9-34(29)42)36(46)41-33-20-32(40)25(18-31(33)39)19-35(45)38(43-16-6-7-17-43,51-28-14-10-24(11-15-28)37(47)48)44-26(22-49-2)12-13-27(44)23-50-3/h4-5,8-9,18,20-21,24,26-28H,6-7,10-17,19,22-23H2,1-3H3,(H,41,46)(H,47,48)/t24?,26-,27+,28?,38?. The molecule has 2 saturated heterocycles. The highest BCUT2D eigenvalue weighted by molar-refractivity contribution is 6.34. The molecule has 13 heteroatoms. The minimum atomic E-state index is -1.57. The van der Waals surface area contributed by atoms with Crippen LogP contribution >= 0.6 is 11.6 Å². The third kappa shape index (κ3) is 7.58. The molecule has 3 aliphatic rings. The van der Waals surface area contributed by atoms with Crippen molar-refractivity contribution in [1.29, 1.82) is 0 Å². The zero-order valence-electron chi connectivity index (χ0n) is 29.5. The van der Waals surface area contributed by atoms with E-state index in [0.29, 0.717) is 57.6 Å². The van der Waals surface area contributed by atoms with Gasteiger partial charge >= 0.3 is 5.97 Å². The number of aromatic nitrogens is 1. The minimum absolute atomic E-state index is 0.0840. The molecule has 2 N–H and O–H groups in total. The van der Waals surface area contributed by atoms with Gasteiger partial charge in [-0.1, -0.05) is 29.8 Å². The Bertz CT molecular complexity index is 1720. The topological polar surface area (TPSA) is 123 Å². The van der Waals surface area contributed by atoms with Gasteiger partial charge in [-0.15, -0.1) is 0 Å². The second-order valence-electron chi connectivity index (χ2n) is 14.1. The van der Waals surface area contributed by atoms with E-state index < -0.39 is 29.5 Å². The summed E-state index contributed by atoms with van der Waals surface area (Å²) in [7, 11) is 5.11. The SMILES string of the molecule is COC[C@H]1CC[C@@H](COC)N1C(OC1CCC(C(=O)O)CC1)(C(=O)Cc1cc(Cl)c(NC(=O)c2cn(C)c3ccccc23)cc1F)N1CCCC1. The van der Waals surface area contributed by atoms with Gasteiger partial charge in [0.15, 0.2) is 5.78 Å². The number of methoxy groups -OCH3 is 2. The molecule has 2 aliphatic heterocycles. The number of carboxylic acid groups (broad SMARTS) is 1. The first-order chi connectivity index (χ1) is 24.6. The van der Waals surface area contributed by atoms with Crippen LogP contribution in [0.4, 0.5) is 10.1 Å². The number of carboxylic acids is 1. The van der Waals surface area contributed by atoms with Crippen LogP contribution in [-0.2, 0) is 37.3 Å². The van der Waals surface area contributed by atoms with Gasteiger partial charge in [0.2, 0.25) is 5.85 Å². The fourth-order valence-corrected chi connectivity index (χ4v) is 8.59. The van der Waals surface area contributed by atoms with Gasteiger partial charge in [-0.3, -0.25) is 19.3 Å². The number of aryl methyl sites for hydroxylation is 1. The summed E-state index contributed by atoms with van der Waals surface area (Å²) in [6.45, 7) is 1.94. The number of para-hydroxylation sites is 1. The molecule has 3 fully saturated rings. The lowest BCUT2D eigenvalue weighted by Gasteiger charge is -2.52. The average Bonchev–Trinajstić information content (AvgIpc) is 3.87. The number of aliphatic carboxylic acids is 1. The fraction of sp³-hybridized carbons (Fsp3) is 0.553. The van der Waals surface area contributed by atoms with Gasteiger partial charge in [0.25, 0.3) is 5.91 Å².